The van der Waals surface area contributed by atoms with Gasteiger partial charge in [-0.1, -0.05) is 47.5 Å². The third-order valence-corrected chi connectivity index (χ3v) is 4.58. The lowest BCUT2D eigenvalue weighted by molar-refractivity contribution is 0.529. The topological polar surface area (TPSA) is 24.1 Å². The molecule has 2 atom stereocenters. The summed E-state index contributed by atoms with van der Waals surface area (Å²) in [4.78, 5) is 0. The number of fused-ring (bicyclic) bond motifs is 1. The Labute approximate surface area is 141 Å². The fraction of sp³-hybridized carbons (Fsp3) is 0.250. The summed E-state index contributed by atoms with van der Waals surface area (Å²) in [5.41, 5.74) is 3.73. The Bertz CT molecular complexity index is 631. The predicted molar refractivity (Wildman–Crippen MR) is 93.1 cm³/mol. The van der Waals surface area contributed by atoms with Gasteiger partial charge in [0.25, 0.3) is 0 Å². The van der Waals surface area contributed by atoms with Crippen LogP contribution in [0.15, 0.2) is 42.5 Å². The van der Waals surface area contributed by atoms with Crippen molar-refractivity contribution in [1.29, 1.82) is 0 Å². The molecule has 0 aromatic heterocycles. The Morgan fingerprint density at radius 3 is 2.52 bits per heavy atom. The lowest BCUT2D eigenvalue weighted by Crippen LogP contribution is -2.33. The number of hydrogen-bond donors (Lipinski definition) is 2. The number of anilines is 1. The van der Waals surface area contributed by atoms with E-state index >= 15 is 0 Å². The van der Waals surface area contributed by atoms with E-state index in [2.05, 4.69) is 34.9 Å². The van der Waals surface area contributed by atoms with Gasteiger partial charge in [-0.25, -0.2) is 0 Å². The average molecular weight is 344 g/mol. The lowest BCUT2D eigenvalue weighted by atomic mass is 10.1. The first-order valence-electron chi connectivity index (χ1n) is 6.65. The van der Waals surface area contributed by atoms with Crippen molar-refractivity contribution in [2.24, 2.45) is 0 Å². The molecule has 3 rings (SSSR count). The van der Waals surface area contributed by atoms with Crippen LogP contribution in [0, 0.1) is 0 Å². The van der Waals surface area contributed by atoms with Crippen molar-refractivity contribution in [3.05, 3.63) is 63.6 Å². The van der Waals surface area contributed by atoms with Crippen molar-refractivity contribution in [2.75, 3.05) is 12.4 Å². The number of likely N-dealkylation sites (N-methyl/N-ethyl adjacent to an activating group) is 1. The maximum Gasteiger partial charge on any atom is 0.0672 e. The highest BCUT2D eigenvalue weighted by atomic mass is 35.5. The smallest absolute Gasteiger partial charge is 0.0672 e. The number of hydrogen-bond acceptors (Lipinski definition) is 2. The highest BCUT2D eigenvalue weighted by molar-refractivity contribution is 6.42. The second-order valence-electron chi connectivity index (χ2n) is 5.05. The SMILES string of the molecule is CNC1Cc2ccccc2C1Nc1ccc(Cl)c(Cl)c1.Cl. The molecule has 0 saturated heterocycles. The summed E-state index contributed by atoms with van der Waals surface area (Å²) in [6, 6.07) is 14.8. The molecule has 1 aliphatic carbocycles. The molecule has 1 aliphatic rings. The van der Waals surface area contributed by atoms with Crippen LogP contribution >= 0.6 is 35.6 Å². The van der Waals surface area contributed by atoms with Gasteiger partial charge in [-0.05, 0) is 42.8 Å². The van der Waals surface area contributed by atoms with E-state index in [1.54, 1.807) is 0 Å². The number of rotatable bonds is 3. The van der Waals surface area contributed by atoms with Crippen LogP contribution in [-0.2, 0) is 6.42 Å². The first-order chi connectivity index (χ1) is 9.69. The molecule has 0 amide bonds. The van der Waals surface area contributed by atoms with Crippen LogP contribution in [0.3, 0.4) is 0 Å². The zero-order valence-corrected chi connectivity index (χ0v) is 13.9. The average Bonchev–Trinajstić information content (AvgIpc) is 2.81. The van der Waals surface area contributed by atoms with Crippen molar-refractivity contribution < 1.29 is 0 Å². The molecule has 0 bridgehead atoms. The van der Waals surface area contributed by atoms with Gasteiger partial charge in [-0.3, -0.25) is 0 Å². The molecule has 2 N–H and O–H groups in total. The molecule has 112 valence electrons. The van der Waals surface area contributed by atoms with Crippen LogP contribution in [0.25, 0.3) is 0 Å². The molecule has 0 fully saturated rings. The first-order valence-corrected chi connectivity index (χ1v) is 7.41. The van der Waals surface area contributed by atoms with Crippen LogP contribution in [-0.4, -0.2) is 13.1 Å². The predicted octanol–water partition coefficient (Wildman–Crippen LogP) is 4.71. The Balaban J connectivity index is 0.00000161. The Morgan fingerprint density at radius 1 is 1.05 bits per heavy atom. The molecule has 2 nitrogen and oxygen atoms in total. The summed E-state index contributed by atoms with van der Waals surface area (Å²) in [6.45, 7) is 0. The summed E-state index contributed by atoms with van der Waals surface area (Å²) >= 11 is 12.0. The zero-order chi connectivity index (χ0) is 14.1. The van der Waals surface area contributed by atoms with Gasteiger partial charge < -0.3 is 10.6 Å². The molecular weight excluding hydrogens is 327 g/mol. The van der Waals surface area contributed by atoms with Gasteiger partial charge in [0.1, 0.15) is 0 Å². The van der Waals surface area contributed by atoms with E-state index in [1.165, 1.54) is 11.1 Å². The van der Waals surface area contributed by atoms with E-state index in [0.717, 1.165) is 12.1 Å². The standard InChI is InChI=1S/C16H16Cl2N2.ClH/c1-19-15-8-10-4-2-3-5-12(10)16(15)20-11-6-7-13(17)14(18)9-11;/h2-7,9,15-16,19-20H,8H2,1H3;1H. The molecule has 2 unspecified atom stereocenters. The third kappa shape index (κ3) is 3.29. The largest absolute Gasteiger partial charge is 0.377 e. The molecule has 0 heterocycles. The highest BCUT2D eigenvalue weighted by Crippen LogP contribution is 2.35. The Kier molecular flexibility index (Phi) is 5.39. The van der Waals surface area contributed by atoms with Crippen LogP contribution in [0.2, 0.25) is 10.0 Å². The lowest BCUT2D eigenvalue weighted by Gasteiger charge is -2.23. The summed E-state index contributed by atoms with van der Waals surface area (Å²) in [5, 5.41) is 8.10. The molecule has 0 radical (unpaired) electrons. The Morgan fingerprint density at radius 2 is 1.81 bits per heavy atom. The minimum absolute atomic E-state index is 0. The van der Waals surface area contributed by atoms with E-state index < -0.39 is 0 Å². The molecular formula is C16H17Cl3N2. The van der Waals surface area contributed by atoms with Crippen LogP contribution in [0.5, 0.6) is 0 Å². The fourth-order valence-electron chi connectivity index (χ4n) is 2.81. The van der Waals surface area contributed by atoms with E-state index in [-0.39, 0.29) is 18.4 Å². The van der Waals surface area contributed by atoms with Gasteiger partial charge in [0.2, 0.25) is 0 Å². The number of nitrogens with one attached hydrogen (secondary N) is 2. The van der Waals surface area contributed by atoms with E-state index in [4.69, 9.17) is 23.2 Å². The molecule has 0 aliphatic heterocycles. The number of halogens is 3. The third-order valence-electron chi connectivity index (χ3n) is 3.84. The summed E-state index contributed by atoms with van der Waals surface area (Å²) < 4.78 is 0. The van der Waals surface area contributed by atoms with Gasteiger partial charge in [0.05, 0.1) is 16.1 Å². The monoisotopic (exact) mass is 342 g/mol. The van der Waals surface area contributed by atoms with Gasteiger partial charge >= 0.3 is 0 Å². The van der Waals surface area contributed by atoms with Gasteiger partial charge in [0, 0.05) is 11.7 Å². The van der Waals surface area contributed by atoms with Gasteiger partial charge in [-0.15, -0.1) is 12.4 Å². The normalized spacial score (nSPS) is 19.8. The first kappa shape index (κ1) is 16.4. The molecule has 0 spiro atoms. The van der Waals surface area contributed by atoms with Crippen molar-refractivity contribution in [3.8, 4) is 0 Å². The van der Waals surface area contributed by atoms with Crippen LogP contribution < -0.4 is 10.6 Å². The Hall–Kier alpha value is -0.930. The number of benzene rings is 2. The molecule has 2 aromatic rings. The molecule has 2 aromatic carbocycles. The molecule has 5 heteroatoms. The summed E-state index contributed by atoms with van der Waals surface area (Å²) in [7, 11) is 2.00. The van der Waals surface area contributed by atoms with E-state index in [9.17, 15) is 0 Å². The van der Waals surface area contributed by atoms with Crippen LogP contribution in [0.4, 0.5) is 5.69 Å². The van der Waals surface area contributed by atoms with Crippen molar-refractivity contribution >= 4 is 41.3 Å². The summed E-state index contributed by atoms with van der Waals surface area (Å²) in [5.74, 6) is 0. The maximum atomic E-state index is 6.08. The quantitative estimate of drug-likeness (QED) is 0.843. The van der Waals surface area contributed by atoms with Gasteiger partial charge in [-0.2, -0.15) is 0 Å². The van der Waals surface area contributed by atoms with Crippen molar-refractivity contribution in [2.45, 2.75) is 18.5 Å². The van der Waals surface area contributed by atoms with Crippen molar-refractivity contribution in [1.82, 2.24) is 5.32 Å². The minimum atomic E-state index is 0. The molecule has 21 heavy (non-hydrogen) atoms. The van der Waals surface area contributed by atoms with E-state index in [1.807, 2.05) is 25.2 Å². The van der Waals surface area contributed by atoms with E-state index in [0.29, 0.717) is 16.1 Å². The van der Waals surface area contributed by atoms with Crippen LogP contribution in [0.1, 0.15) is 17.2 Å². The second kappa shape index (κ2) is 6.89. The minimum Gasteiger partial charge on any atom is -0.377 e. The zero-order valence-electron chi connectivity index (χ0n) is 11.6. The maximum absolute atomic E-state index is 6.08. The second-order valence-corrected chi connectivity index (χ2v) is 5.86. The molecule has 0 saturated carbocycles. The highest BCUT2D eigenvalue weighted by Gasteiger charge is 2.30. The summed E-state index contributed by atoms with van der Waals surface area (Å²) in [6.07, 6.45) is 1.03. The van der Waals surface area contributed by atoms with Crippen molar-refractivity contribution in [3.63, 3.8) is 0 Å². The van der Waals surface area contributed by atoms with Gasteiger partial charge in [0.15, 0.2) is 0 Å². The fourth-order valence-corrected chi connectivity index (χ4v) is 3.11.